The van der Waals surface area contributed by atoms with Gasteiger partial charge in [-0.25, -0.2) is 0 Å². The van der Waals surface area contributed by atoms with Gasteiger partial charge >= 0.3 is 0 Å². The lowest BCUT2D eigenvalue weighted by Gasteiger charge is -2.17. The first-order chi connectivity index (χ1) is 9.92. The van der Waals surface area contributed by atoms with Crippen LogP contribution >= 0.6 is 0 Å². The van der Waals surface area contributed by atoms with Crippen LogP contribution < -0.4 is 0 Å². The zero-order valence-corrected chi connectivity index (χ0v) is 12.5. The highest BCUT2D eigenvalue weighted by molar-refractivity contribution is 5.31. The fourth-order valence-electron chi connectivity index (χ4n) is 2.76. The van der Waals surface area contributed by atoms with Crippen LogP contribution in [0.4, 0.5) is 0 Å². The molecule has 1 atom stereocenters. The first-order valence-corrected chi connectivity index (χ1v) is 7.93. The van der Waals surface area contributed by atoms with Gasteiger partial charge in [-0.05, 0) is 23.6 Å². The zero-order valence-electron chi connectivity index (χ0n) is 12.5. The van der Waals surface area contributed by atoms with Crippen molar-refractivity contribution in [2.75, 3.05) is 0 Å². The molecule has 0 aliphatic heterocycles. The molecule has 0 amide bonds. The standard InChI is InChI=1S/C20H25/c1-2-3-4-5-12-17-20(18-13-8-6-9-14-18)19-15-10-7-11-16-19/h6-11,13-15,20H,2-5,12,17H2,1H3. The summed E-state index contributed by atoms with van der Waals surface area (Å²) in [5, 5.41) is 0. The zero-order chi connectivity index (χ0) is 14.0. The molecule has 0 saturated carbocycles. The summed E-state index contributed by atoms with van der Waals surface area (Å²) in [6.07, 6.45) is 7.94. The SMILES string of the molecule is CCCCCCCC(c1[c]cccc1)c1ccccc1. The van der Waals surface area contributed by atoms with Gasteiger partial charge in [-0.15, -0.1) is 0 Å². The smallest absolute Gasteiger partial charge is 0.00954 e. The maximum atomic E-state index is 3.42. The van der Waals surface area contributed by atoms with Crippen molar-refractivity contribution >= 4 is 0 Å². The molecule has 105 valence electrons. The van der Waals surface area contributed by atoms with Crippen molar-refractivity contribution in [3.8, 4) is 0 Å². The molecule has 0 saturated heterocycles. The summed E-state index contributed by atoms with van der Waals surface area (Å²) in [5.41, 5.74) is 2.75. The van der Waals surface area contributed by atoms with Crippen molar-refractivity contribution in [1.29, 1.82) is 0 Å². The summed E-state index contributed by atoms with van der Waals surface area (Å²) < 4.78 is 0. The number of hydrogen-bond acceptors (Lipinski definition) is 0. The second-order valence-corrected chi connectivity index (χ2v) is 5.48. The van der Waals surface area contributed by atoms with E-state index in [0.717, 1.165) is 0 Å². The molecule has 0 bridgehead atoms. The number of benzene rings is 2. The Morgan fingerprint density at radius 2 is 1.60 bits per heavy atom. The normalized spacial score (nSPS) is 10.9. The predicted octanol–water partition coefficient (Wildman–Crippen LogP) is 5.98. The third-order valence-corrected chi connectivity index (χ3v) is 3.91. The third-order valence-electron chi connectivity index (χ3n) is 3.91. The highest BCUT2D eigenvalue weighted by atomic mass is 14.2. The summed E-state index contributed by atoms with van der Waals surface area (Å²) in [7, 11) is 0. The molecular formula is C20H25. The van der Waals surface area contributed by atoms with Gasteiger partial charge in [0.15, 0.2) is 0 Å². The fraction of sp³-hybridized carbons (Fsp3) is 0.400. The summed E-state index contributed by atoms with van der Waals surface area (Å²) in [5.74, 6) is 0.499. The van der Waals surface area contributed by atoms with Gasteiger partial charge < -0.3 is 0 Å². The van der Waals surface area contributed by atoms with Crippen LogP contribution in [0.5, 0.6) is 0 Å². The molecule has 2 aromatic carbocycles. The molecule has 0 aliphatic carbocycles. The molecule has 0 aliphatic rings. The highest BCUT2D eigenvalue weighted by Crippen LogP contribution is 2.29. The van der Waals surface area contributed by atoms with Gasteiger partial charge in [0, 0.05) is 5.92 Å². The van der Waals surface area contributed by atoms with Gasteiger partial charge in [-0.3, -0.25) is 0 Å². The van der Waals surface area contributed by atoms with Crippen molar-refractivity contribution < 1.29 is 0 Å². The van der Waals surface area contributed by atoms with Crippen molar-refractivity contribution in [2.24, 2.45) is 0 Å². The van der Waals surface area contributed by atoms with Gasteiger partial charge in [-0.2, -0.15) is 0 Å². The molecule has 20 heavy (non-hydrogen) atoms. The predicted molar refractivity (Wildman–Crippen MR) is 86.9 cm³/mol. The topological polar surface area (TPSA) is 0 Å². The van der Waals surface area contributed by atoms with Gasteiger partial charge in [0.05, 0.1) is 0 Å². The van der Waals surface area contributed by atoms with Gasteiger partial charge in [0.1, 0.15) is 0 Å². The summed E-state index contributed by atoms with van der Waals surface area (Å²) in [6, 6.07) is 22.7. The third kappa shape index (κ3) is 4.52. The van der Waals surface area contributed by atoms with Crippen molar-refractivity contribution in [1.82, 2.24) is 0 Å². The number of unbranched alkanes of at least 4 members (excludes halogenated alkanes) is 4. The van der Waals surface area contributed by atoms with Crippen LogP contribution in [-0.2, 0) is 0 Å². The second kappa shape index (κ2) is 8.58. The van der Waals surface area contributed by atoms with Gasteiger partial charge in [0.2, 0.25) is 0 Å². The molecule has 2 aromatic rings. The molecule has 0 heterocycles. The Balaban J connectivity index is 2.02. The molecule has 0 fully saturated rings. The minimum atomic E-state index is 0.499. The fourth-order valence-corrected chi connectivity index (χ4v) is 2.76. The van der Waals surface area contributed by atoms with E-state index in [1.54, 1.807) is 0 Å². The van der Waals surface area contributed by atoms with E-state index in [9.17, 15) is 0 Å². The number of rotatable bonds is 8. The molecule has 0 aromatic heterocycles. The van der Waals surface area contributed by atoms with E-state index in [1.165, 1.54) is 49.7 Å². The van der Waals surface area contributed by atoms with E-state index < -0.39 is 0 Å². The van der Waals surface area contributed by atoms with Gasteiger partial charge in [-0.1, -0.05) is 93.6 Å². The Morgan fingerprint density at radius 1 is 0.850 bits per heavy atom. The van der Waals surface area contributed by atoms with Crippen LogP contribution in [0.2, 0.25) is 0 Å². The monoisotopic (exact) mass is 265 g/mol. The minimum Gasteiger partial charge on any atom is -0.0654 e. The van der Waals surface area contributed by atoms with E-state index in [2.05, 4.69) is 55.5 Å². The lowest BCUT2D eigenvalue weighted by atomic mass is 9.87. The average Bonchev–Trinajstić information content (AvgIpc) is 2.53. The maximum absolute atomic E-state index is 3.42. The Labute approximate surface area is 123 Å². The van der Waals surface area contributed by atoms with Crippen molar-refractivity contribution in [2.45, 2.75) is 51.4 Å². The molecule has 1 radical (unpaired) electrons. The van der Waals surface area contributed by atoms with Crippen molar-refractivity contribution in [3.05, 3.63) is 71.8 Å². The molecule has 0 nitrogen and oxygen atoms in total. The first kappa shape index (κ1) is 14.8. The van der Waals surface area contributed by atoms with Crippen LogP contribution in [0, 0.1) is 6.07 Å². The van der Waals surface area contributed by atoms with E-state index in [0.29, 0.717) is 5.92 Å². The Kier molecular flexibility index (Phi) is 6.37. The Hall–Kier alpha value is -1.56. The van der Waals surface area contributed by atoms with Crippen LogP contribution in [0.25, 0.3) is 0 Å². The first-order valence-electron chi connectivity index (χ1n) is 7.93. The van der Waals surface area contributed by atoms with Crippen LogP contribution in [-0.4, -0.2) is 0 Å². The van der Waals surface area contributed by atoms with E-state index >= 15 is 0 Å². The quantitative estimate of drug-likeness (QED) is 0.515. The molecule has 0 N–H and O–H groups in total. The van der Waals surface area contributed by atoms with E-state index in [-0.39, 0.29) is 0 Å². The lowest BCUT2D eigenvalue weighted by Crippen LogP contribution is -2.01. The molecule has 0 spiro atoms. The van der Waals surface area contributed by atoms with E-state index in [1.807, 2.05) is 12.1 Å². The van der Waals surface area contributed by atoms with Crippen molar-refractivity contribution in [3.63, 3.8) is 0 Å². The maximum Gasteiger partial charge on any atom is 0.00954 e. The largest absolute Gasteiger partial charge is 0.0654 e. The van der Waals surface area contributed by atoms with E-state index in [4.69, 9.17) is 0 Å². The minimum absolute atomic E-state index is 0.499. The summed E-state index contributed by atoms with van der Waals surface area (Å²) >= 11 is 0. The van der Waals surface area contributed by atoms with Crippen LogP contribution in [0.3, 0.4) is 0 Å². The Morgan fingerprint density at radius 3 is 2.30 bits per heavy atom. The molecular weight excluding hydrogens is 240 g/mol. The summed E-state index contributed by atoms with van der Waals surface area (Å²) in [4.78, 5) is 0. The van der Waals surface area contributed by atoms with Crippen LogP contribution in [0.15, 0.2) is 54.6 Å². The molecule has 0 heteroatoms. The number of hydrogen-bond donors (Lipinski definition) is 0. The van der Waals surface area contributed by atoms with Gasteiger partial charge in [0.25, 0.3) is 0 Å². The lowest BCUT2D eigenvalue weighted by molar-refractivity contribution is 0.580. The molecule has 2 rings (SSSR count). The Bertz CT molecular complexity index is 418. The molecule has 1 unspecified atom stereocenters. The summed E-state index contributed by atoms with van der Waals surface area (Å²) in [6.45, 7) is 2.27. The highest BCUT2D eigenvalue weighted by Gasteiger charge is 2.13. The van der Waals surface area contributed by atoms with Crippen LogP contribution in [0.1, 0.15) is 62.5 Å². The second-order valence-electron chi connectivity index (χ2n) is 5.48. The average molecular weight is 265 g/mol.